The molecule has 0 saturated carbocycles. The highest BCUT2D eigenvalue weighted by molar-refractivity contribution is 5.85. The zero-order valence-corrected chi connectivity index (χ0v) is 14.7. The van der Waals surface area contributed by atoms with Crippen molar-refractivity contribution in [2.24, 2.45) is 5.41 Å². The maximum absolute atomic E-state index is 12.4. The Morgan fingerprint density at radius 1 is 1.14 bits per heavy atom. The number of hydrogen-bond acceptors (Lipinski definition) is 3. The summed E-state index contributed by atoms with van der Waals surface area (Å²) in [5, 5.41) is 12.5. The Labute approximate surface area is 130 Å². The summed E-state index contributed by atoms with van der Waals surface area (Å²) in [5.41, 5.74) is -0.843. The first-order chi connectivity index (χ1) is 9.84. The van der Waals surface area contributed by atoms with Crippen LogP contribution in [0.4, 0.5) is 0 Å². The van der Waals surface area contributed by atoms with Crippen LogP contribution in [0.5, 0.6) is 0 Å². The zero-order valence-electron chi connectivity index (χ0n) is 14.7. The largest absolute Gasteiger partial charge is 0.353 e. The van der Waals surface area contributed by atoms with Crippen LogP contribution in [0.15, 0.2) is 0 Å². The second kappa shape index (κ2) is 9.78. The Morgan fingerprint density at radius 3 is 1.95 bits per heavy atom. The Bertz CT molecular complexity index is 330. The van der Waals surface area contributed by atoms with Gasteiger partial charge in [-0.1, -0.05) is 26.7 Å². The Balaban J connectivity index is 4.61. The van der Waals surface area contributed by atoms with Crippen LogP contribution >= 0.6 is 0 Å². The van der Waals surface area contributed by atoms with Crippen LogP contribution in [0.1, 0.15) is 67.2 Å². The maximum Gasteiger partial charge on any atom is 0.240 e. The topological polar surface area (TPSA) is 56.1 Å². The van der Waals surface area contributed by atoms with Gasteiger partial charge in [0, 0.05) is 25.2 Å². The lowest BCUT2D eigenvalue weighted by Crippen LogP contribution is -2.46. The monoisotopic (exact) mass is 295 g/mol. The fourth-order valence-electron chi connectivity index (χ4n) is 2.95. The van der Waals surface area contributed by atoms with Gasteiger partial charge < -0.3 is 5.32 Å². The summed E-state index contributed by atoms with van der Waals surface area (Å²) in [6.07, 6.45) is 2.98. The summed E-state index contributed by atoms with van der Waals surface area (Å²) in [6.45, 7) is 14.1. The average molecular weight is 295 g/mol. The lowest BCUT2D eigenvalue weighted by molar-refractivity contribution is -0.129. The van der Waals surface area contributed by atoms with E-state index in [1.54, 1.807) is 0 Å². The van der Waals surface area contributed by atoms with E-state index in [0.29, 0.717) is 31.5 Å². The third-order valence-electron chi connectivity index (χ3n) is 3.98. The van der Waals surface area contributed by atoms with Crippen molar-refractivity contribution in [1.82, 2.24) is 10.2 Å². The first-order valence-corrected chi connectivity index (χ1v) is 8.29. The lowest BCUT2D eigenvalue weighted by atomic mass is 9.80. The molecule has 0 aliphatic rings. The molecule has 0 aliphatic carbocycles. The second-order valence-corrected chi connectivity index (χ2v) is 6.38. The molecule has 0 aromatic rings. The Hall–Kier alpha value is -1.08. The highest BCUT2D eigenvalue weighted by Crippen LogP contribution is 2.29. The van der Waals surface area contributed by atoms with Crippen LogP contribution < -0.4 is 5.32 Å². The predicted molar refractivity (Wildman–Crippen MR) is 87.8 cm³/mol. The molecule has 21 heavy (non-hydrogen) atoms. The van der Waals surface area contributed by atoms with Crippen molar-refractivity contribution < 1.29 is 4.79 Å². The molecular formula is C17H33N3O. The average Bonchev–Trinajstić information content (AvgIpc) is 2.41. The standard InChI is InChI=1S/C17H33N3O/c1-7-9-17(13-18,10-8-2)16(21)19-11-12-20(14(3)4)15(5)6/h14-15H,7-12H2,1-6H3,(H,19,21). The number of carbonyl (C=O) groups is 1. The van der Waals surface area contributed by atoms with Crippen molar-refractivity contribution in [3.8, 4) is 6.07 Å². The molecule has 0 heterocycles. The molecule has 4 nitrogen and oxygen atoms in total. The van der Waals surface area contributed by atoms with Crippen LogP contribution in [0, 0.1) is 16.7 Å². The number of hydrogen-bond donors (Lipinski definition) is 1. The van der Waals surface area contributed by atoms with E-state index in [0.717, 1.165) is 19.4 Å². The normalized spacial score (nSPS) is 12.0. The maximum atomic E-state index is 12.4. The highest BCUT2D eigenvalue weighted by atomic mass is 16.2. The number of amides is 1. The minimum Gasteiger partial charge on any atom is -0.353 e. The molecule has 0 radical (unpaired) electrons. The van der Waals surface area contributed by atoms with E-state index < -0.39 is 5.41 Å². The molecule has 0 unspecified atom stereocenters. The molecule has 0 saturated heterocycles. The van der Waals surface area contributed by atoms with Crippen molar-refractivity contribution in [3.63, 3.8) is 0 Å². The van der Waals surface area contributed by atoms with Gasteiger partial charge in [-0.2, -0.15) is 5.26 Å². The van der Waals surface area contributed by atoms with Gasteiger partial charge in [0.15, 0.2) is 0 Å². The van der Waals surface area contributed by atoms with E-state index >= 15 is 0 Å². The molecule has 4 heteroatoms. The molecule has 0 fully saturated rings. The van der Waals surface area contributed by atoms with Crippen LogP contribution in [0.3, 0.4) is 0 Å². The van der Waals surface area contributed by atoms with Crippen LogP contribution in [-0.4, -0.2) is 36.0 Å². The zero-order chi connectivity index (χ0) is 16.5. The summed E-state index contributed by atoms with van der Waals surface area (Å²) in [4.78, 5) is 14.8. The van der Waals surface area contributed by atoms with E-state index in [2.05, 4.69) is 44.0 Å². The summed E-state index contributed by atoms with van der Waals surface area (Å²) >= 11 is 0. The van der Waals surface area contributed by atoms with E-state index in [1.165, 1.54) is 0 Å². The predicted octanol–water partition coefficient (Wildman–Crippen LogP) is 3.33. The number of rotatable bonds is 10. The minimum absolute atomic E-state index is 0.0961. The van der Waals surface area contributed by atoms with E-state index in [1.807, 2.05) is 13.8 Å². The molecule has 0 aromatic carbocycles. The van der Waals surface area contributed by atoms with Gasteiger partial charge in [0.2, 0.25) is 5.91 Å². The van der Waals surface area contributed by atoms with Crippen molar-refractivity contribution in [2.75, 3.05) is 13.1 Å². The SMILES string of the molecule is CCCC(C#N)(CCC)C(=O)NCCN(C(C)C)C(C)C. The first kappa shape index (κ1) is 19.9. The van der Waals surface area contributed by atoms with Crippen molar-refractivity contribution in [2.45, 2.75) is 79.3 Å². The van der Waals surface area contributed by atoms with Gasteiger partial charge in [-0.25, -0.2) is 0 Å². The third-order valence-corrected chi connectivity index (χ3v) is 3.98. The summed E-state index contributed by atoms with van der Waals surface area (Å²) in [6, 6.07) is 3.18. The number of nitriles is 1. The third kappa shape index (κ3) is 6.05. The van der Waals surface area contributed by atoms with E-state index in [4.69, 9.17) is 0 Å². The second-order valence-electron chi connectivity index (χ2n) is 6.38. The minimum atomic E-state index is -0.843. The number of nitrogens with one attached hydrogen (secondary N) is 1. The first-order valence-electron chi connectivity index (χ1n) is 8.29. The van der Waals surface area contributed by atoms with Crippen molar-refractivity contribution >= 4 is 5.91 Å². The van der Waals surface area contributed by atoms with Crippen LogP contribution in [0.2, 0.25) is 0 Å². The van der Waals surface area contributed by atoms with Gasteiger partial charge in [0.25, 0.3) is 0 Å². The summed E-state index contributed by atoms with van der Waals surface area (Å²) in [7, 11) is 0. The Morgan fingerprint density at radius 2 is 1.62 bits per heavy atom. The molecule has 0 bridgehead atoms. The molecule has 0 aliphatic heterocycles. The molecule has 1 amide bonds. The molecule has 0 rings (SSSR count). The van der Waals surface area contributed by atoms with Crippen LogP contribution in [-0.2, 0) is 4.79 Å². The molecule has 122 valence electrons. The highest BCUT2D eigenvalue weighted by Gasteiger charge is 2.36. The smallest absolute Gasteiger partial charge is 0.240 e. The van der Waals surface area contributed by atoms with Crippen molar-refractivity contribution in [1.29, 1.82) is 5.26 Å². The van der Waals surface area contributed by atoms with Gasteiger partial charge in [-0.05, 0) is 40.5 Å². The summed E-state index contributed by atoms with van der Waals surface area (Å²) in [5.74, 6) is -0.0961. The fraction of sp³-hybridized carbons (Fsp3) is 0.882. The number of nitrogens with zero attached hydrogens (tertiary/aromatic N) is 2. The van der Waals surface area contributed by atoms with Gasteiger partial charge >= 0.3 is 0 Å². The van der Waals surface area contributed by atoms with Gasteiger partial charge in [0.1, 0.15) is 5.41 Å². The quantitative estimate of drug-likeness (QED) is 0.672. The van der Waals surface area contributed by atoms with Crippen LogP contribution in [0.25, 0.3) is 0 Å². The fourth-order valence-corrected chi connectivity index (χ4v) is 2.95. The molecule has 1 N–H and O–H groups in total. The molecular weight excluding hydrogens is 262 g/mol. The summed E-state index contributed by atoms with van der Waals surface area (Å²) < 4.78 is 0. The van der Waals surface area contributed by atoms with Gasteiger partial charge in [0.05, 0.1) is 6.07 Å². The van der Waals surface area contributed by atoms with E-state index in [9.17, 15) is 10.1 Å². The molecule has 0 aromatic heterocycles. The number of carbonyl (C=O) groups excluding carboxylic acids is 1. The van der Waals surface area contributed by atoms with Crippen molar-refractivity contribution in [3.05, 3.63) is 0 Å². The van der Waals surface area contributed by atoms with Gasteiger partial charge in [-0.3, -0.25) is 9.69 Å². The van der Waals surface area contributed by atoms with Gasteiger partial charge in [-0.15, -0.1) is 0 Å². The lowest BCUT2D eigenvalue weighted by Gasteiger charge is -2.31. The Kier molecular flexibility index (Phi) is 9.28. The molecule has 0 atom stereocenters. The van der Waals surface area contributed by atoms with E-state index in [-0.39, 0.29) is 5.91 Å². The molecule has 0 spiro atoms.